The van der Waals surface area contributed by atoms with Crippen LogP contribution < -0.4 is 5.32 Å². The van der Waals surface area contributed by atoms with Crippen molar-refractivity contribution in [2.45, 2.75) is 20.0 Å². The van der Waals surface area contributed by atoms with Crippen LogP contribution in [-0.4, -0.2) is 27.8 Å². The van der Waals surface area contributed by atoms with E-state index in [-0.39, 0.29) is 6.03 Å². The van der Waals surface area contributed by atoms with E-state index in [0.717, 1.165) is 22.2 Å². The van der Waals surface area contributed by atoms with Gasteiger partial charge in [-0.3, -0.25) is 4.68 Å². The van der Waals surface area contributed by atoms with Gasteiger partial charge in [0.25, 0.3) is 0 Å². The van der Waals surface area contributed by atoms with Crippen LogP contribution in [0.5, 0.6) is 0 Å². The van der Waals surface area contributed by atoms with E-state index in [0.29, 0.717) is 18.1 Å². The van der Waals surface area contributed by atoms with Crippen LogP contribution in [0.2, 0.25) is 5.02 Å². The van der Waals surface area contributed by atoms with Gasteiger partial charge in [-0.1, -0.05) is 48.0 Å². The molecule has 1 N–H and O–H groups in total. The number of amides is 2. The van der Waals surface area contributed by atoms with Gasteiger partial charge in [0.05, 0.1) is 29.1 Å². The number of nitrogens with zero attached hydrogens (tertiary/aromatic N) is 3. The molecule has 0 aliphatic rings. The molecule has 3 aromatic rings. The second-order valence-corrected chi connectivity index (χ2v) is 5.98. The van der Waals surface area contributed by atoms with Crippen LogP contribution in [-0.2, 0) is 13.1 Å². The molecule has 5 nitrogen and oxygen atoms in total. The number of carbonyl (C=O) groups is 1. The van der Waals surface area contributed by atoms with Crippen molar-refractivity contribution in [3.05, 3.63) is 59.4 Å². The van der Waals surface area contributed by atoms with Crippen molar-refractivity contribution >= 4 is 34.1 Å². The van der Waals surface area contributed by atoms with Crippen LogP contribution in [0.4, 0.5) is 10.5 Å². The quantitative estimate of drug-likeness (QED) is 0.765. The lowest BCUT2D eigenvalue weighted by Crippen LogP contribution is -2.31. The van der Waals surface area contributed by atoms with E-state index in [4.69, 9.17) is 11.6 Å². The molecule has 124 valence electrons. The number of rotatable bonds is 4. The first-order valence-corrected chi connectivity index (χ1v) is 8.18. The minimum Gasteiger partial charge on any atom is -0.322 e. The van der Waals surface area contributed by atoms with E-state index in [9.17, 15) is 4.79 Å². The molecular formula is C18H19ClN4O. The van der Waals surface area contributed by atoms with Crippen LogP contribution in [0.1, 0.15) is 12.6 Å². The molecule has 0 aliphatic heterocycles. The van der Waals surface area contributed by atoms with Crippen molar-refractivity contribution in [1.29, 1.82) is 0 Å². The van der Waals surface area contributed by atoms with E-state index in [1.165, 1.54) is 0 Å². The third-order valence-electron chi connectivity index (χ3n) is 3.96. The van der Waals surface area contributed by atoms with E-state index < -0.39 is 0 Å². The maximum absolute atomic E-state index is 12.5. The fourth-order valence-corrected chi connectivity index (χ4v) is 2.86. The largest absolute Gasteiger partial charge is 0.322 e. The van der Waals surface area contributed by atoms with Crippen LogP contribution in [0.15, 0.2) is 48.7 Å². The number of benzene rings is 2. The lowest BCUT2D eigenvalue weighted by molar-refractivity contribution is 0.219. The minimum absolute atomic E-state index is 0.189. The van der Waals surface area contributed by atoms with Crippen molar-refractivity contribution in [2.24, 2.45) is 0 Å². The molecule has 0 atom stereocenters. The number of aromatic nitrogens is 2. The second-order valence-electron chi connectivity index (χ2n) is 5.57. The fraction of sp³-hybridized carbons (Fsp3) is 0.222. The molecular weight excluding hydrogens is 324 g/mol. The van der Waals surface area contributed by atoms with Gasteiger partial charge in [0, 0.05) is 19.0 Å². The number of halogens is 1. The maximum Gasteiger partial charge on any atom is 0.321 e. The third kappa shape index (κ3) is 3.21. The first-order chi connectivity index (χ1) is 11.6. The Morgan fingerprint density at radius 2 is 2.00 bits per heavy atom. The Labute approximate surface area is 145 Å². The highest BCUT2D eigenvalue weighted by Crippen LogP contribution is 2.23. The molecule has 0 fully saturated rings. The summed E-state index contributed by atoms with van der Waals surface area (Å²) in [6.07, 6.45) is 1.61. The van der Waals surface area contributed by atoms with E-state index in [1.807, 2.05) is 49.4 Å². The molecule has 0 saturated carbocycles. The Bertz CT molecular complexity index is 869. The fourth-order valence-electron chi connectivity index (χ4n) is 2.66. The average molecular weight is 343 g/mol. The number of nitrogens with one attached hydrogen (secondary N) is 1. The normalized spacial score (nSPS) is 10.8. The zero-order chi connectivity index (χ0) is 17.1. The van der Waals surface area contributed by atoms with Crippen LogP contribution in [0.25, 0.3) is 10.8 Å². The molecule has 1 aromatic heterocycles. The standard InChI is InChI=1S/C18H19ClN4O/c1-3-23-17(15(19)11-20-23)12-22(2)18(24)21-16-10-6-8-13-7-4-5-9-14(13)16/h4-11H,3,12H2,1-2H3,(H,21,24). The van der Waals surface area contributed by atoms with Gasteiger partial charge in [-0.25, -0.2) is 4.79 Å². The van der Waals surface area contributed by atoms with Gasteiger partial charge in [-0.2, -0.15) is 5.10 Å². The van der Waals surface area contributed by atoms with Gasteiger partial charge in [0.1, 0.15) is 0 Å². The van der Waals surface area contributed by atoms with Crippen molar-refractivity contribution in [3.63, 3.8) is 0 Å². The summed E-state index contributed by atoms with van der Waals surface area (Å²) in [6.45, 7) is 3.09. The average Bonchev–Trinajstić information content (AvgIpc) is 2.95. The summed E-state index contributed by atoms with van der Waals surface area (Å²) in [5, 5.41) is 9.84. The summed E-state index contributed by atoms with van der Waals surface area (Å²) >= 11 is 6.17. The van der Waals surface area contributed by atoms with Crippen LogP contribution >= 0.6 is 11.6 Å². The Kier molecular flexibility index (Phi) is 4.71. The highest BCUT2D eigenvalue weighted by atomic mass is 35.5. The maximum atomic E-state index is 12.5. The van der Waals surface area contributed by atoms with Gasteiger partial charge in [0.2, 0.25) is 0 Å². The number of carbonyl (C=O) groups excluding carboxylic acids is 1. The SMILES string of the molecule is CCn1ncc(Cl)c1CN(C)C(=O)Nc1cccc2ccccc12. The predicted molar refractivity (Wildman–Crippen MR) is 97.3 cm³/mol. The summed E-state index contributed by atoms with van der Waals surface area (Å²) < 4.78 is 1.80. The Morgan fingerprint density at radius 3 is 2.79 bits per heavy atom. The van der Waals surface area contributed by atoms with E-state index in [2.05, 4.69) is 10.4 Å². The molecule has 0 radical (unpaired) electrons. The van der Waals surface area contributed by atoms with Crippen LogP contribution in [0.3, 0.4) is 0 Å². The van der Waals surface area contributed by atoms with E-state index in [1.54, 1.807) is 22.8 Å². The van der Waals surface area contributed by atoms with Crippen LogP contribution in [0, 0.1) is 0 Å². The summed E-state index contributed by atoms with van der Waals surface area (Å²) in [6, 6.07) is 13.6. The molecule has 6 heteroatoms. The zero-order valence-corrected chi connectivity index (χ0v) is 14.4. The number of fused-ring (bicyclic) bond motifs is 1. The van der Waals surface area contributed by atoms with Gasteiger partial charge >= 0.3 is 6.03 Å². The van der Waals surface area contributed by atoms with Gasteiger partial charge in [0.15, 0.2) is 0 Å². The molecule has 2 amide bonds. The molecule has 1 heterocycles. The van der Waals surface area contributed by atoms with E-state index >= 15 is 0 Å². The molecule has 2 aromatic carbocycles. The molecule has 0 bridgehead atoms. The summed E-state index contributed by atoms with van der Waals surface area (Å²) in [7, 11) is 1.74. The third-order valence-corrected chi connectivity index (χ3v) is 4.28. The molecule has 0 unspecified atom stereocenters. The van der Waals surface area contributed by atoms with Crippen molar-refractivity contribution < 1.29 is 4.79 Å². The summed E-state index contributed by atoms with van der Waals surface area (Å²) in [4.78, 5) is 14.1. The van der Waals surface area contributed by atoms with Crippen molar-refractivity contribution in [2.75, 3.05) is 12.4 Å². The number of urea groups is 1. The molecule has 0 saturated heterocycles. The topological polar surface area (TPSA) is 50.2 Å². The van der Waals surface area contributed by atoms with Gasteiger partial charge in [-0.05, 0) is 18.4 Å². The lowest BCUT2D eigenvalue weighted by Gasteiger charge is -2.19. The molecule has 0 spiro atoms. The monoisotopic (exact) mass is 342 g/mol. The zero-order valence-electron chi connectivity index (χ0n) is 13.7. The Balaban J connectivity index is 1.77. The first-order valence-electron chi connectivity index (χ1n) is 7.80. The Morgan fingerprint density at radius 1 is 1.25 bits per heavy atom. The highest BCUT2D eigenvalue weighted by Gasteiger charge is 2.15. The summed E-state index contributed by atoms with van der Waals surface area (Å²) in [5.41, 5.74) is 1.62. The number of anilines is 1. The van der Waals surface area contributed by atoms with Gasteiger partial charge in [-0.15, -0.1) is 0 Å². The first kappa shape index (κ1) is 16.3. The summed E-state index contributed by atoms with van der Waals surface area (Å²) in [5.74, 6) is 0. The van der Waals surface area contributed by atoms with Gasteiger partial charge < -0.3 is 10.2 Å². The Hall–Kier alpha value is -2.53. The molecule has 0 aliphatic carbocycles. The number of aryl methyl sites for hydroxylation is 1. The van der Waals surface area contributed by atoms with Crippen molar-refractivity contribution in [1.82, 2.24) is 14.7 Å². The van der Waals surface area contributed by atoms with Crippen molar-refractivity contribution in [3.8, 4) is 0 Å². The lowest BCUT2D eigenvalue weighted by atomic mass is 10.1. The number of hydrogen-bond donors (Lipinski definition) is 1. The highest BCUT2D eigenvalue weighted by molar-refractivity contribution is 6.31. The predicted octanol–water partition coefficient (Wildman–Crippen LogP) is 4.37. The molecule has 24 heavy (non-hydrogen) atoms. The number of hydrogen-bond acceptors (Lipinski definition) is 2. The molecule has 3 rings (SSSR count). The second kappa shape index (κ2) is 6.93. The smallest absolute Gasteiger partial charge is 0.321 e. The minimum atomic E-state index is -0.189.